The van der Waals surface area contributed by atoms with Crippen LogP contribution in [0.2, 0.25) is 0 Å². The second-order valence-electron chi connectivity index (χ2n) is 15.7. The first-order chi connectivity index (χ1) is 26.5. The number of amides is 1. The van der Waals surface area contributed by atoms with Gasteiger partial charge in [-0.3, -0.25) is 9.59 Å². The number of nitrogens with one attached hydrogen (secondary N) is 1. The van der Waals surface area contributed by atoms with Gasteiger partial charge in [-0.05, 0) is 83.5 Å². The first-order valence-corrected chi connectivity index (χ1v) is 23.3. The fourth-order valence-electron chi connectivity index (χ4n) is 6.74. The lowest BCUT2D eigenvalue weighted by Crippen LogP contribution is -2.45. The van der Waals surface area contributed by atoms with Crippen LogP contribution in [0.1, 0.15) is 232 Å². The number of carbonyl (C=O) groups is 2. The van der Waals surface area contributed by atoms with E-state index in [0.29, 0.717) is 19.4 Å². The zero-order chi connectivity index (χ0) is 39.4. The molecule has 0 heterocycles. The smallest absolute Gasteiger partial charge is 0.305 e. The Labute approximate surface area is 334 Å². The molecule has 0 aliphatic heterocycles. The van der Waals surface area contributed by atoms with E-state index in [1.807, 2.05) is 6.08 Å². The third kappa shape index (κ3) is 39.8. The molecule has 2 unspecified atom stereocenters. The Morgan fingerprint density at radius 2 is 0.870 bits per heavy atom. The van der Waals surface area contributed by atoms with Gasteiger partial charge in [0.2, 0.25) is 5.91 Å². The summed E-state index contributed by atoms with van der Waals surface area (Å²) < 4.78 is 5.42. The fourth-order valence-corrected chi connectivity index (χ4v) is 6.74. The van der Waals surface area contributed by atoms with Crippen LogP contribution in [0.3, 0.4) is 0 Å². The lowest BCUT2D eigenvalue weighted by molar-refractivity contribution is -0.143. The maximum atomic E-state index is 12.3. The predicted octanol–water partition coefficient (Wildman–Crippen LogP) is 13.3. The number of carbonyl (C=O) groups excluding carboxylic acids is 2. The Kier molecular flexibility index (Phi) is 42.2. The van der Waals surface area contributed by atoms with Gasteiger partial charge in [0, 0.05) is 12.8 Å². The monoisotopic (exact) mass is 760 g/mol. The molecule has 0 rings (SSSR count). The van der Waals surface area contributed by atoms with Gasteiger partial charge in [0.15, 0.2) is 0 Å². The molecule has 0 spiro atoms. The number of ether oxygens (including phenoxy) is 1. The minimum atomic E-state index is -0.861. The zero-order valence-electron chi connectivity index (χ0n) is 35.7. The van der Waals surface area contributed by atoms with Crippen LogP contribution in [0, 0.1) is 0 Å². The normalized spacial score (nSPS) is 13.0. The molecule has 0 aromatic rings. The number of hydrogen-bond donors (Lipinski definition) is 3. The number of aliphatic hydroxyl groups is 2. The topological polar surface area (TPSA) is 95.9 Å². The molecule has 0 fully saturated rings. The molecule has 3 N–H and O–H groups in total. The van der Waals surface area contributed by atoms with Gasteiger partial charge < -0.3 is 20.3 Å². The summed E-state index contributed by atoms with van der Waals surface area (Å²) in [5.41, 5.74) is 0. The molecule has 54 heavy (non-hydrogen) atoms. The van der Waals surface area contributed by atoms with Crippen molar-refractivity contribution in [2.75, 3.05) is 13.2 Å². The standard InChI is InChI=1S/C48H89NO5/c1-3-5-7-9-11-13-15-16-17-18-19-22-26-30-34-38-42-48(53)54-43-39-35-31-27-23-20-21-25-29-33-37-41-47(52)49-45(44-50)46(51)40-36-32-28-24-14-12-10-8-6-4-2/h17-18,23,27,36,40,45-46,50-51H,3-16,19-22,24-26,28-35,37-39,41-44H2,1-2H3,(H,49,52)/b18-17-,27-23-,40-36+. The Hall–Kier alpha value is -1.92. The number of unbranched alkanes of at least 4 members (excludes halogenated alkanes) is 27. The summed E-state index contributed by atoms with van der Waals surface area (Å²) in [5.74, 6) is -0.143. The highest BCUT2D eigenvalue weighted by molar-refractivity contribution is 5.76. The van der Waals surface area contributed by atoms with E-state index in [9.17, 15) is 19.8 Å². The molecule has 0 aromatic heterocycles. The van der Waals surface area contributed by atoms with Gasteiger partial charge in [-0.25, -0.2) is 0 Å². The number of aliphatic hydroxyl groups excluding tert-OH is 2. The fraction of sp³-hybridized carbons (Fsp3) is 0.833. The van der Waals surface area contributed by atoms with Crippen molar-refractivity contribution in [1.29, 1.82) is 0 Å². The van der Waals surface area contributed by atoms with Crippen molar-refractivity contribution in [2.45, 2.75) is 244 Å². The summed E-state index contributed by atoms with van der Waals surface area (Å²) in [4.78, 5) is 24.4. The lowest BCUT2D eigenvalue weighted by atomic mass is 10.1. The summed E-state index contributed by atoms with van der Waals surface area (Å²) in [6, 6.07) is -0.647. The number of esters is 1. The average Bonchev–Trinajstić information content (AvgIpc) is 3.17. The van der Waals surface area contributed by atoms with E-state index < -0.39 is 12.1 Å². The van der Waals surface area contributed by atoms with Gasteiger partial charge in [0.25, 0.3) is 0 Å². The largest absolute Gasteiger partial charge is 0.466 e. The third-order valence-electron chi connectivity index (χ3n) is 10.4. The molecule has 6 nitrogen and oxygen atoms in total. The highest BCUT2D eigenvalue weighted by Crippen LogP contribution is 2.13. The van der Waals surface area contributed by atoms with Crippen molar-refractivity contribution < 1.29 is 24.5 Å². The van der Waals surface area contributed by atoms with Crippen molar-refractivity contribution in [2.24, 2.45) is 0 Å². The van der Waals surface area contributed by atoms with E-state index in [4.69, 9.17) is 4.74 Å². The van der Waals surface area contributed by atoms with E-state index in [1.165, 1.54) is 122 Å². The molecule has 0 saturated carbocycles. The molecule has 0 saturated heterocycles. The summed E-state index contributed by atoms with van der Waals surface area (Å²) in [6.45, 7) is 4.78. The number of rotatable bonds is 42. The molecule has 0 bridgehead atoms. The van der Waals surface area contributed by atoms with E-state index in [0.717, 1.165) is 83.5 Å². The van der Waals surface area contributed by atoms with Gasteiger partial charge in [0.05, 0.1) is 25.4 Å². The van der Waals surface area contributed by atoms with Crippen molar-refractivity contribution >= 4 is 11.9 Å². The maximum Gasteiger partial charge on any atom is 0.305 e. The molecule has 0 aliphatic rings. The molecule has 0 aliphatic carbocycles. The molecule has 1 amide bonds. The predicted molar refractivity (Wildman–Crippen MR) is 232 cm³/mol. The quantitative estimate of drug-likeness (QED) is 0.0327. The van der Waals surface area contributed by atoms with Crippen LogP contribution in [0.5, 0.6) is 0 Å². The van der Waals surface area contributed by atoms with Crippen LogP contribution >= 0.6 is 0 Å². The zero-order valence-corrected chi connectivity index (χ0v) is 35.7. The van der Waals surface area contributed by atoms with Crippen LogP contribution in [0.4, 0.5) is 0 Å². The van der Waals surface area contributed by atoms with Gasteiger partial charge >= 0.3 is 5.97 Å². The van der Waals surface area contributed by atoms with Crippen LogP contribution < -0.4 is 5.32 Å². The van der Waals surface area contributed by atoms with E-state index in [1.54, 1.807) is 6.08 Å². The molecule has 2 atom stereocenters. The number of hydrogen-bond acceptors (Lipinski definition) is 5. The summed E-state index contributed by atoms with van der Waals surface area (Å²) >= 11 is 0. The summed E-state index contributed by atoms with van der Waals surface area (Å²) in [6.07, 6.45) is 51.4. The van der Waals surface area contributed by atoms with E-state index >= 15 is 0 Å². The van der Waals surface area contributed by atoms with Gasteiger partial charge in [0.1, 0.15) is 0 Å². The molecule has 0 radical (unpaired) electrons. The van der Waals surface area contributed by atoms with Crippen LogP contribution in [-0.2, 0) is 14.3 Å². The first-order valence-electron chi connectivity index (χ1n) is 23.3. The second kappa shape index (κ2) is 43.8. The minimum absolute atomic E-state index is 0.0418. The maximum absolute atomic E-state index is 12.3. The van der Waals surface area contributed by atoms with Crippen molar-refractivity contribution in [1.82, 2.24) is 5.32 Å². The van der Waals surface area contributed by atoms with Crippen LogP contribution in [-0.4, -0.2) is 47.4 Å². The molecular formula is C48H89NO5. The summed E-state index contributed by atoms with van der Waals surface area (Å²) in [7, 11) is 0. The molecule has 316 valence electrons. The van der Waals surface area contributed by atoms with Crippen molar-refractivity contribution in [3.8, 4) is 0 Å². The minimum Gasteiger partial charge on any atom is -0.466 e. The van der Waals surface area contributed by atoms with Crippen LogP contribution in [0.25, 0.3) is 0 Å². The van der Waals surface area contributed by atoms with Gasteiger partial charge in [-0.15, -0.1) is 0 Å². The Bertz CT molecular complexity index is 884. The third-order valence-corrected chi connectivity index (χ3v) is 10.4. The highest BCUT2D eigenvalue weighted by atomic mass is 16.5. The van der Waals surface area contributed by atoms with E-state index in [-0.39, 0.29) is 18.5 Å². The van der Waals surface area contributed by atoms with Gasteiger partial charge in [-0.1, -0.05) is 172 Å². The average molecular weight is 760 g/mol. The highest BCUT2D eigenvalue weighted by Gasteiger charge is 2.18. The lowest BCUT2D eigenvalue weighted by Gasteiger charge is -2.20. The Morgan fingerprint density at radius 1 is 0.500 bits per heavy atom. The SMILES string of the molecule is CCCCCCCCC/C=C\CCCCCCCC(=O)OCCCC/C=C\CCCCCCCC(=O)NC(CO)C(O)/C=C/CCCCCCCCCC. The van der Waals surface area contributed by atoms with E-state index in [2.05, 4.69) is 43.5 Å². The Balaban J connectivity index is 3.55. The summed E-state index contributed by atoms with van der Waals surface area (Å²) in [5, 5.41) is 22.9. The van der Waals surface area contributed by atoms with Crippen molar-refractivity contribution in [3.05, 3.63) is 36.5 Å². The molecular weight excluding hydrogens is 671 g/mol. The van der Waals surface area contributed by atoms with Gasteiger partial charge in [-0.2, -0.15) is 0 Å². The Morgan fingerprint density at radius 3 is 1.31 bits per heavy atom. The van der Waals surface area contributed by atoms with Crippen molar-refractivity contribution in [3.63, 3.8) is 0 Å². The number of allylic oxidation sites excluding steroid dienone is 5. The molecule has 6 heteroatoms. The van der Waals surface area contributed by atoms with Crippen LogP contribution in [0.15, 0.2) is 36.5 Å². The molecule has 0 aromatic carbocycles. The first kappa shape index (κ1) is 52.1. The second-order valence-corrected chi connectivity index (χ2v) is 15.7.